The molecule has 0 amide bonds. The molecule has 1 fully saturated rings. The lowest BCUT2D eigenvalue weighted by Gasteiger charge is -2.06. The van der Waals surface area contributed by atoms with Crippen molar-refractivity contribution in [2.45, 2.75) is 39.5 Å². The van der Waals surface area contributed by atoms with Gasteiger partial charge in [0.05, 0.1) is 0 Å². The van der Waals surface area contributed by atoms with Crippen molar-refractivity contribution in [3.8, 4) is 0 Å². The molecule has 0 unspecified atom stereocenters. The van der Waals surface area contributed by atoms with Gasteiger partial charge in [0.1, 0.15) is 0 Å². The fourth-order valence-electron chi connectivity index (χ4n) is 2.28. The summed E-state index contributed by atoms with van der Waals surface area (Å²) in [5, 5.41) is 0. The number of aryl methyl sites for hydroxylation is 2. The molecular weight excluding hydrogens is 192 g/mol. The second-order valence-electron chi connectivity index (χ2n) is 4.17. The summed E-state index contributed by atoms with van der Waals surface area (Å²) in [5.41, 5.74) is 0.986. The molecule has 76 valence electrons. The summed E-state index contributed by atoms with van der Waals surface area (Å²) < 4.78 is 0. The number of carbonyl (C=O) groups excluding carboxylic acids is 1. The molecule has 14 heavy (non-hydrogen) atoms. The Morgan fingerprint density at radius 1 is 1.36 bits per heavy atom. The average molecular weight is 208 g/mol. The number of ketones is 1. The van der Waals surface area contributed by atoms with Crippen LogP contribution in [0.4, 0.5) is 0 Å². The highest BCUT2D eigenvalue weighted by molar-refractivity contribution is 7.12. The number of carbonyl (C=O) groups is 1. The van der Waals surface area contributed by atoms with Gasteiger partial charge in [0.2, 0.25) is 0 Å². The molecule has 2 rings (SSSR count). The highest BCUT2D eigenvalue weighted by atomic mass is 32.1. The normalized spacial score (nSPS) is 17.6. The topological polar surface area (TPSA) is 17.1 Å². The molecule has 1 aliphatic carbocycles. The van der Waals surface area contributed by atoms with Crippen molar-refractivity contribution in [2.75, 3.05) is 0 Å². The van der Waals surface area contributed by atoms with Crippen LogP contribution in [0.15, 0.2) is 6.07 Å². The van der Waals surface area contributed by atoms with Gasteiger partial charge in [-0.25, -0.2) is 0 Å². The molecule has 0 aliphatic heterocycles. The molecule has 0 spiro atoms. The third-order valence-corrected chi connectivity index (χ3v) is 4.00. The zero-order chi connectivity index (χ0) is 10.1. The van der Waals surface area contributed by atoms with Crippen LogP contribution >= 0.6 is 11.3 Å². The molecule has 1 aromatic heterocycles. The third-order valence-electron chi connectivity index (χ3n) is 3.03. The molecule has 1 nitrogen and oxygen atoms in total. The van der Waals surface area contributed by atoms with Gasteiger partial charge in [0, 0.05) is 21.2 Å². The van der Waals surface area contributed by atoms with Gasteiger partial charge in [0.15, 0.2) is 5.78 Å². The lowest BCUT2D eigenvalue weighted by molar-refractivity contribution is 0.0923. The second-order valence-corrected chi connectivity index (χ2v) is 5.63. The summed E-state index contributed by atoms with van der Waals surface area (Å²) >= 11 is 1.74. The molecule has 1 heterocycles. The summed E-state index contributed by atoms with van der Waals surface area (Å²) in [7, 11) is 0. The van der Waals surface area contributed by atoms with E-state index < -0.39 is 0 Å². The first-order valence-electron chi connectivity index (χ1n) is 5.29. The quantitative estimate of drug-likeness (QED) is 0.677. The molecule has 1 aliphatic rings. The molecule has 0 N–H and O–H groups in total. The predicted molar refractivity (Wildman–Crippen MR) is 60.1 cm³/mol. The Bertz CT molecular complexity index is 345. The van der Waals surface area contributed by atoms with E-state index in [4.69, 9.17) is 0 Å². The number of rotatable bonds is 2. The van der Waals surface area contributed by atoms with Crippen molar-refractivity contribution in [3.05, 3.63) is 21.4 Å². The molecule has 0 saturated heterocycles. The Morgan fingerprint density at radius 2 is 2.00 bits per heavy atom. The molecule has 0 atom stereocenters. The van der Waals surface area contributed by atoms with Crippen molar-refractivity contribution >= 4 is 17.1 Å². The standard InChI is InChI=1S/C12H16OS/c1-8-7-11(9(2)14-8)12(13)10-5-3-4-6-10/h7,10H,3-6H2,1-2H3. The highest BCUT2D eigenvalue weighted by Crippen LogP contribution is 2.31. The predicted octanol–water partition coefficient (Wildman–Crippen LogP) is 3.74. The van der Waals surface area contributed by atoms with E-state index in [9.17, 15) is 4.79 Å². The summed E-state index contributed by atoms with van der Waals surface area (Å²) in [5.74, 6) is 0.715. The third kappa shape index (κ3) is 1.76. The van der Waals surface area contributed by atoms with E-state index in [1.165, 1.54) is 22.6 Å². The molecule has 1 saturated carbocycles. The van der Waals surface area contributed by atoms with Crippen molar-refractivity contribution < 1.29 is 4.79 Å². The molecule has 0 aromatic carbocycles. The van der Waals surface area contributed by atoms with E-state index >= 15 is 0 Å². The van der Waals surface area contributed by atoms with Crippen molar-refractivity contribution in [1.29, 1.82) is 0 Å². The Morgan fingerprint density at radius 3 is 2.50 bits per heavy atom. The van der Waals surface area contributed by atoms with Gasteiger partial charge in [-0.05, 0) is 32.8 Å². The fraction of sp³-hybridized carbons (Fsp3) is 0.583. The summed E-state index contributed by atoms with van der Waals surface area (Å²) in [4.78, 5) is 14.5. The summed E-state index contributed by atoms with van der Waals surface area (Å²) in [6.07, 6.45) is 4.68. The zero-order valence-corrected chi connectivity index (χ0v) is 9.62. The minimum absolute atomic E-state index is 0.322. The lowest BCUT2D eigenvalue weighted by atomic mass is 9.97. The lowest BCUT2D eigenvalue weighted by Crippen LogP contribution is -2.10. The second kappa shape index (κ2) is 3.85. The van der Waals surface area contributed by atoms with Gasteiger partial charge in [-0.2, -0.15) is 0 Å². The van der Waals surface area contributed by atoms with Crippen LogP contribution in [0, 0.1) is 19.8 Å². The maximum atomic E-state index is 12.1. The number of thiophene rings is 1. The van der Waals surface area contributed by atoms with Crippen LogP contribution in [0.25, 0.3) is 0 Å². The van der Waals surface area contributed by atoms with Crippen LogP contribution in [0.3, 0.4) is 0 Å². The number of hydrogen-bond donors (Lipinski definition) is 0. The van der Waals surface area contributed by atoms with Gasteiger partial charge >= 0.3 is 0 Å². The minimum Gasteiger partial charge on any atom is -0.294 e. The van der Waals surface area contributed by atoms with Crippen LogP contribution in [0.2, 0.25) is 0 Å². The first-order valence-corrected chi connectivity index (χ1v) is 6.11. The largest absolute Gasteiger partial charge is 0.294 e. The van der Waals surface area contributed by atoms with Crippen molar-refractivity contribution in [1.82, 2.24) is 0 Å². The zero-order valence-electron chi connectivity index (χ0n) is 8.80. The average Bonchev–Trinajstić information content (AvgIpc) is 2.73. The Balaban J connectivity index is 2.21. The van der Waals surface area contributed by atoms with Crippen LogP contribution < -0.4 is 0 Å². The van der Waals surface area contributed by atoms with E-state index in [-0.39, 0.29) is 0 Å². The summed E-state index contributed by atoms with van der Waals surface area (Å²) in [6, 6.07) is 2.06. The molecule has 2 heteroatoms. The van der Waals surface area contributed by atoms with E-state index in [0.717, 1.165) is 18.4 Å². The van der Waals surface area contributed by atoms with Crippen LogP contribution in [0.1, 0.15) is 45.8 Å². The first-order chi connectivity index (χ1) is 6.68. The highest BCUT2D eigenvalue weighted by Gasteiger charge is 2.25. The molecule has 0 radical (unpaired) electrons. The van der Waals surface area contributed by atoms with Gasteiger partial charge in [-0.1, -0.05) is 12.8 Å². The molecule has 0 bridgehead atoms. The van der Waals surface area contributed by atoms with Crippen LogP contribution in [-0.2, 0) is 0 Å². The van der Waals surface area contributed by atoms with E-state index in [0.29, 0.717) is 11.7 Å². The Labute approximate surface area is 89.1 Å². The van der Waals surface area contributed by atoms with E-state index in [1.807, 2.05) is 0 Å². The first kappa shape index (κ1) is 9.91. The van der Waals surface area contributed by atoms with E-state index in [1.54, 1.807) is 11.3 Å². The maximum Gasteiger partial charge on any atom is 0.167 e. The van der Waals surface area contributed by atoms with Crippen LogP contribution in [0.5, 0.6) is 0 Å². The van der Waals surface area contributed by atoms with Gasteiger partial charge in [-0.15, -0.1) is 11.3 Å². The number of Topliss-reactive ketones (excluding diaryl/α,β-unsaturated/α-hetero) is 1. The number of hydrogen-bond acceptors (Lipinski definition) is 2. The minimum atomic E-state index is 0.322. The SMILES string of the molecule is Cc1cc(C(=O)C2CCCC2)c(C)s1. The maximum absolute atomic E-state index is 12.1. The van der Waals surface area contributed by atoms with Crippen molar-refractivity contribution in [2.24, 2.45) is 5.92 Å². The smallest absolute Gasteiger partial charge is 0.167 e. The molecule has 1 aromatic rings. The fourth-order valence-corrected chi connectivity index (χ4v) is 3.21. The van der Waals surface area contributed by atoms with Crippen molar-refractivity contribution in [3.63, 3.8) is 0 Å². The summed E-state index contributed by atoms with van der Waals surface area (Å²) in [6.45, 7) is 4.13. The van der Waals surface area contributed by atoms with Gasteiger partial charge < -0.3 is 0 Å². The Hall–Kier alpha value is -0.630. The molecular formula is C12H16OS. The van der Waals surface area contributed by atoms with E-state index in [2.05, 4.69) is 19.9 Å². The van der Waals surface area contributed by atoms with Gasteiger partial charge in [0.25, 0.3) is 0 Å². The Kier molecular flexibility index (Phi) is 2.73. The van der Waals surface area contributed by atoms with Gasteiger partial charge in [-0.3, -0.25) is 4.79 Å². The monoisotopic (exact) mass is 208 g/mol. The van der Waals surface area contributed by atoms with Crippen LogP contribution in [-0.4, -0.2) is 5.78 Å².